The van der Waals surface area contributed by atoms with E-state index in [9.17, 15) is 22.0 Å². The molecule has 0 aromatic carbocycles. The Labute approximate surface area is 93.4 Å². The van der Waals surface area contributed by atoms with Crippen LogP contribution >= 0.6 is 10.7 Å². The van der Waals surface area contributed by atoms with E-state index < -0.39 is 37.4 Å². The highest BCUT2D eigenvalue weighted by atomic mass is 35.7. The highest BCUT2D eigenvalue weighted by molar-refractivity contribution is 8.13. The summed E-state index contributed by atoms with van der Waals surface area (Å²) in [6, 6.07) is 0.723. The van der Waals surface area contributed by atoms with Gasteiger partial charge in [0, 0.05) is 16.7 Å². The minimum atomic E-state index is -4.44. The van der Waals surface area contributed by atoms with Crippen LogP contribution in [0.5, 0.6) is 5.75 Å². The predicted octanol–water partition coefficient (Wildman–Crippen LogP) is 1.25. The van der Waals surface area contributed by atoms with Crippen LogP contribution in [0, 0.1) is 0 Å². The van der Waals surface area contributed by atoms with Crippen LogP contribution in [0.15, 0.2) is 15.8 Å². The number of pyridine rings is 1. The molecule has 0 aliphatic rings. The standard InChI is InChI=1S/C7H6ClF2NO4S/c1-15-3-2-4(12)11-5(7(9)10)6(3)16(8,13)14/h2,7H,1H3,(H,11,12). The first-order chi connectivity index (χ1) is 7.27. The fourth-order valence-electron chi connectivity index (χ4n) is 1.10. The van der Waals surface area contributed by atoms with Crippen LogP contribution in [0.3, 0.4) is 0 Å². The van der Waals surface area contributed by atoms with E-state index in [1.165, 1.54) is 0 Å². The maximum Gasteiger partial charge on any atom is 0.279 e. The second-order valence-electron chi connectivity index (χ2n) is 2.68. The van der Waals surface area contributed by atoms with Crippen LogP contribution in [0.1, 0.15) is 12.1 Å². The molecule has 5 nitrogen and oxygen atoms in total. The van der Waals surface area contributed by atoms with Gasteiger partial charge in [0.15, 0.2) is 0 Å². The van der Waals surface area contributed by atoms with E-state index in [1.807, 2.05) is 0 Å². The normalized spacial score (nSPS) is 11.8. The number of ether oxygens (including phenoxy) is 1. The first kappa shape index (κ1) is 12.9. The Balaban J connectivity index is 3.72. The van der Waals surface area contributed by atoms with Crippen molar-refractivity contribution in [3.05, 3.63) is 22.1 Å². The smallest absolute Gasteiger partial charge is 0.279 e. The van der Waals surface area contributed by atoms with Gasteiger partial charge in [0.2, 0.25) is 0 Å². The van der Waals surface area contributed by atoms with E-state index in [-0.39, 0.29) is 0 Å². The number of halogens is 3. The van der Waals surface area contributed by atoms with E-state index in [0.29, 0.717) is 0 Å². The number of nitrogens with one attached hydrogen (secondary N) is 1. The number of rotatable bonds is 3. The van der Waals surface area contributed by atoms with Crippen molar-refractivity contribution in [2.45, 2.75) is 11.3 Å². The Kier molecular flexibility index (Phi) is 3.54. The molecule has 0 spiro atoms. The number of aromatic amines is 1. The number of alkyl halides is 2. The highest BCUT2D eigenvalue weighted by Gasteiger charge is 2.27. The molecule has 0 fully saturated rings. The monoisotopic (exact) mass is 273 g/mol. The van der Waals surface area contributed by atoms with Crippen molar-refractivity contribution in [1.82, 2.24) is 4.98 Å². The molecule has 16 heavy (non-hydrogen) atoms. The minimum absolute atomic E-state index is 0.519. The van der Waals surface area contributed by atoms with Crippen LogP contribution in [0.2, 0.25) is 0 Å². The maximum atomic E-state index is 12.5. The first-order valence-corrected chi connectivity index (χ1v) is 6.12. The molecule has 0 saturated heterocycles. The molecule has 0 amide bonds. The Hall–Kier alpha value is -1.15. The Morgan fingerprint density at radius 2 is 2.06 bits per heavy atom. The quantitative estimate of drug-likeness (QED) is 0.841. The van der Waals surface area contributed by atoms with Gasteiger partial charge in [-0.3, -0.25) is 4.79 Å². The first-order valence-electron chi connectivity index (χ1n) is 3.81. The largest absolute Gasteiger partial charge is 0.495 e. The lowest BCUT2D eigenvalue weighted by molar-refractivity contribution is 0.141. The van der Waals surface area contributed by atoms with Gasteiger partial charge in [-0.15, -0.1) is 0 Å². The van der Waals surface area contributed by atoms with Crippen LogP contribution in [-0.2, 0) is 9.05 Å². The van der Waals surface area contributed by atoms with Crippen molar-refractivity contribution < 1.29 is 21.9 Å². The molecule has 0 unspecified atom stereocenters. The third-order valence-electron chi connectivity index (χ3n) is 1.67. The van der Waals surface area contributed by atoms with Gasteiger partial charge in [0.25, 0.3) is 21.0 Å². The number of hydrogen-bond donors (Lipinski definition) is 1. The summed E-state index contributed by atoms with van der Waals surface area (Å²) in [7, 11) is 1.58. The predicted molar refractivity (Wildman–Crippen MR) is 51.6 cm³/mol. The van der Waals surface area contributed by atoms with Crippen LogP contribution in [-0.4, -0.2) is 20.5 Å². The Morgan fingerprint density at radius 1 is 1.50 bits per heavy atom. The SMILES string of the molecule is COc1cc(=O)[nH]c(C(F)F)c1S(=O)(=O)Cl. The summed E-state index contributed by atoms with van der Waals surface area (Å²) < 4.78 is 51.7. The molecular formula is C7H6ClF2NO4S. The molecular weight excluding hydrogens is 268 g/mol. The number of aromatic nitrogens is 1. The molecule has 90 valence electrons. The van der Waals surface area contributed by atoms with Crippen molar-refractivity contribution in [1.29, 1.82) is 0 Å². The molecule has 0 aliphatic carbocycles. The molecule has 0 saturated carbocycles. The number of hydrogen-bond acceptors (Lipinski definition) is 4. The number of H-pyrrole nitrogens is 1. The zero-order valence-corrected chi connectivity index (χ0v) is 9.40. The second-order valence-corrected chi connectivity index (χ2v) is 5.19. The van der Waals surface area contributed by atoms with Crippen LogP contribution in [0.25, 0.3) is 0 Å². The summed E-state index contributed by atoms with van der Waals surface area (Å²) in [5.74, 6) is -0.519. The van der Waals surface area contributed by atoms with E-state index in [2.05, 4.69) is 4.74 Å². The maximum absolute atomic E-state index is 12.5. The van der Waals surface area contributed by atoms with Crippen molar-refractivity contribution in [3.8, 4) is 5.75 Å². The van der Waals surface area contributed by atoms with E-state index in [0.717, 1.165) is 13.2 Å². The van der Waals surface area contributed by atoms with Gasteiger partial charge < -0.3 is 9.72 Å². The van der Waals surface area contributed by atoms with Gasteiger partial charge in [-0.25, -0.2) is 17.2 Å². The third-order valence-corrected chi connectivity index (χ3v) is 3.04. The lowest BCUT2D eigenvalue weighted by Gasteiger charge is -2.09. The zero-order chi connectivity index (χ0) is 12.5. The molecule has 1 aromatic heterocycles. The summed E-state index contributed by atoms with van der Waals surface area (Å²) in [5.41, 5.74) is -1.99. The molecule has 9 heteroatoms. The van der Waals surface area contributed by atoms with Gasteiger partial charge in [-0.05, 0) is 0 Å². The summed E-state index contributed by atoms with van der Waals surface area (Å²) in [6.45, 7) is 0. The zero-order valence-electron chi connectivity index (χ0n) is 7.83. The summed E-state index contributed by atoms with van der Waals surface area (Å²) >= 11 is 0. The van der Waals surface area contributed by atoms with E-state index in [4.69, 9.17) is 10.7 Å². The molecule has 1 N–H and O–H groups in total. The van der Waals surface area contributed by atoms with Crippen LogP contribution < -0.4 is 10.3 Å². The van der Waals surface area contributed by atoms with Crippen LogP contribution in [0.4, 0.5) is 8.78 Å². The topological polar surface area (TPSA) is 76.2 Å². The van der Waals surface area contributed by atoms with E-state index >= 15 is 0 Å². The fourth-order valence-corrected chi connectivity index (χ4v) is 2.36. The van der Waals surface area contributed by atoms with Crippen molar-refractivity contribution in [3.63, 3.8) is 0 Å². The minimum Gasteiger partial charge on any atom is -0.495 e. The van der Waals surface area contributed by atoms with Gasteiger partial charge in [-0.1, -0.05) is 0 Å². The molecule has 0 bridgehead atoms. The molecule has 1 rings (SSSR count). The lowest BCUT2D eigenvalue weighted by Crippen LogP contribution is -2.14. The van der Waals surface area contributed by atoms with Crippen molar-refractivity contribution in [2.75, 3.05) is 7.11 Å². The van der Waals surface area contributed by atoms with E-state index in [1.54, 1.807) is 4.98 Å². The van der Waals surface area contributed by atoms with Crippen molar-refractivity contribution in [2.24, 2.45) is 0 Å². The Morgan fingerprint density at radius 3 is 2.44 bits per heavy atom. The van der Waals surface area contributed by atoms with Gasteiger partial charge in [-0.2, -0.15) is 0 Å². The third kappa shape index (κ3) is 2.50. The summed E-state index contributed by atoms with van der Waals surface area (Å²) in [6.07, 6.45) is -3.19. The molecule has 0 atom stereocenters. The fraction of sp³-hybridized carbons (Fsp3) is 0.286. The molecule has 1 aromatic rings. The molecule has 0 radical (unpaired) electrons. The van der Waals surface area contributed by atoms with Gasteiger partial charge in [0.1, 0.15) is 16.3 Å². The lowest BCUT2D eigenvalue weighted by atomic mass is 10.3. The highest BCUT2D eigenvalue weighted by Crippen LogP contribution is 2.32. The average Bonchev–Trinajstić information content (AvgIpc) is 2.14. The molecule has 1 heterocycles. The van der Waals surface area contributed by atoms with Crippen molar-refractivity contribution >= 4 is 19.7 Å². The van der Waals surface area contributed by atoms with Gasteiger partial charge >= 0.3 is 0 Å². The second kappa shape index (κ2) is 4.38. The summed E-state index contributed by atoms with van der Waals surface area (Å²) in [5, 5.41) is 0. The average molecular weight is 274 g/mol. The summed E-state index contributed by atoms with van der Waals surface area (Å²) in [4.78, 5) is 11.7. The van der Waals surface area contributed by atoms with Gasteiger partial charge in [0.05, 0.1) is 7.11 Å². The Bertz CT molecular complexity index is 554. The number of methoxy groups -OCH3 is 1. The molecule has 0 aliphatic heterocycles.